The number of hydrogen-bond acceptors (Lipinski definition) is 1. The molecule has 94 valence electrons. The first kappa shape index (κ1) is 12.7. The summed E-state index contributed by atoms with van der Waals surface area (Å²) >= 11 is 0. The lowest BCUT2D eigenvalue weighted by molar-refractivity contribution is 0.585. The van der Waals surface area contributed by atoms with Crippen molar-refractivity contribution in [3.05, 3.63) is 53.7 Å². The zero-order valence-corrected chi connectivity index (χ0v) is 10.5. The fraction of sp³-hybridized carbons (Fsp3) is 0.267. The van der Waals surface area contributed by atoms with Crippen LogP contribution in [0.2, 0.25) is 0 Å². The average molecular weight is 247 g/mol. The van der Waals surface area contributed by atoms with Gasteiger partial charge in [-0.15, -0.1) is 0 Å². The maximum Gasteiger partial charge on any atom is 0.135 e. The summed E-state index contributed by atoms with van der Waals surface area (Å²) in [7, 11) is 0. The predicted molar refractivity (Wildman–Crippen MR) is 68.3 cm³/mol. The van der Waals surface area contributed by atoms with Crippen LogP contribution < -0.4 is 0 Å². The number of benzene rings is 1. The van der Waals surface area contributed by atoms with Gasteiger partial charge in [-0.25, -0.2) is 8.78 Å². The van der Waals surface area contributed by atoms with Gasteiger partial charge in [-0.2, -0.15) is 0 Å². The fourth-order valence-corrected chi connectivity index (χ4v) is 1.79. The van der Waals surface area contributed by atoms with Gasteiger partial charge in [0.05, 0.1) is 5.69 Å². The second-order valence-corrected chi connectivity index (χ2v) is 4.41. The molecular formula is C15H15F2N. The lowest BCUT2D eigenvalue weighted by Crippen LogP contribution is -1.94. The topological polar surface area (TPSA) is 12.9 Å². The Balaban J connectivity index is 2.34. The molecule has 0 saturated carbocycles. The minimum atomic E-state index is -0.584. The molecule has 0 saturated heterocycles. The van der Waals surface area contributed by atoms with Gasteiger partial charge in [0.1, 0.15) is 11.6 Å². The zero-order chi connectivity index (χ0) is 13.1. The van der Waals surface area contributed by atoms with Gasteiger partial charge in [0.15, 0.2) is 0 Å². The van der Waals surface area contributed by atoms with E-state index in [0.29, 0.717) is 17.2 Å². The molecule has 0 aliphatic carbocycles. The highest BCUT2D eigenvalue weighted by Crippen LogP contribution is 2.24. The second kappa shape index (κ2) is 5.25. The van der Waals surface area contributed by atoms with E-state index in [1.54, 1.807) is 12.3 Å². The molecule has 18 heavy (non-hydrogen) atoms. The Morgan fingerprint density at radius 3 is 2.50 bits per heavy atom. The maximum absolute atomic E-state index is 13.6. The summed E-state index contributed by atoms with van der Waals surface area (Å²) in [5, 5.41) is 0. The highest BCUT2D eigenvalue weighted by Gasteiger charge is 2.09. The summed E-state index contributed by atoms with van der Waals surface area (Å²) in [6, 6.07) is 7.25. The van der Waals surface area contributed by atoms with E-state index >= 15 is 0 Å². The molecule has 0 radical (unpaired) electrons. The van der Waals surface area contributed by atoms with E-state index in [2.05, 4.69) is 18.8 Å². The van der Waals surface area contributed by atoms with E-state index in [9.17, 15) is 8.78 Å². The summed E-state index contributed by atoms with van der Waals surface area (Å²) in [6.45, 7) is 4.23. The molecule has 0 fully saturated rings. The molecule has 0 bridgehead atoms. The number of nitrogens with zero attached hydrogens (tertiary/aromatic N) is 1. The lowest BCUT2D eigenvalue weighted by atomic mass is 10.00. The molecule has 1 aromatic carbocycles. The van der Waals surface area contributed by atoms with Crippen molar-refractivity contribution in [3.8, 4) is 11.3 Å². The molecule has 0 aliphatic heterocycles. The van der Waals surface area contributed by atoms with E-state index in [1.165, 1.54) is 12.1 Å². The van der Waals surface area contributed by atoms with Gasteiger partial charge >= 0.3 is 0 Å². The van der Waals surface area contributed by atoms with E-state index in [1.807, 2.05) is 6.07 Å². The summed E-state index contributed by atoms with van der Waals surface area (Å²) < 4.78 is 26.4. The van der Waals surface area contributed by atoms with Crippen LogP contribution in [0.25, 0.3) is 11.3 Å². The molecule has 1 unspecified atom stereocenters. The van der Waals surface area contributed by atoms with Gasteiger partial charge < -0.3 is 0 Å². The molecule has 3 heteroatoms. The van der Waals surface area contributed by atoms with Crippen molar-refractivity contribution in [1.82, 2.24) is 4.98 Å². The van der Waals surface area contributed by atoms with Crippen molar-refractivity contribution in [3.63, 3.8) is 0 Å². The van der Waals surface area contributed by atoms with Crippen LogP contribution in [0.4, 0.5) is 8.78 Å². The minimum absolute atomic E-state index is 0.326. The van der Waals surface area contributed by atoms with Crippen molar-refractivity contribution >= 4 is 0 Å². The molecular weight excluding hydrogens is 232 g/mol. The third-order valence-electron chi connectivity index (χ3n) is 3.17. The molecule has 2 aromatic rings. The fourth-order valence-electron chi connectivity index (χ4n) is 1.79. The number of rotatable bonds is 3. The van der Waals surface area contributed by atoms with Crippen LogP contribution in [0.5, 0.6) is 0 Å². The first-order chi connectivity index (χ1) is 8.61. The Bertz CT molecular complexity index is 535. The predicted octanol–water partition coefficient (Wildman–Crippen LogP) is 4.54. The van der Waals surface area contributed by atoms with Gasteiger partial charge in [0.2, 0.25) is 0 Å². The van der Waals surface area contributed by atoms with E-state index in [0.717, 1.165) is 18.1 Å². The third-order valence-corrected chi connectivity index (χ3v) is 3.17. The van der Waals surface area contributed by atoms with Crippen LogP contribution in [0, 0.1) is 11.6 Å². The second-order valence-electron chi connectivity index (χ2n) is 4.41. The SMILES string of the molecule is CCC(C)c1ccc(-c2ccc(F)cc2F)nc1. The largest absolute Gasteiger partial charge is 0.256 e. The molecule has 0 aliphatic rings. The van der Waals surface area contributed by atoms with Crippen LogP contribution in [0.1, 0.15) is 31.7 Å². The van der Waals surface area contributed by atoms with E-state index in [-0.39, 0.29) is 0 Å². The van der Waals surface area contributed by atoms with Crippen molar-refractivity contribution in [2.45, 2.75) is 26.2 Å². The van der Waals surface area contributed by atoms with Crippen LogP contribution >= 0.6 is 0 Å². The standard InChI is InChI=1S/C15H15F2N/c1-3-10(2)11-4-7-15(18-9-11)13-6-5-12(16)8-14(13)17/h4-10H,3H2,1-2H3. The number of halogens is 2. The van der Waals surface area contributed by atoms with Crippen molar-refractivity contribution in [2.24, 2.45) is 0 Å². The maximum atomic E-state index is 13.6. The first-order valence-electron chi connectivity index (χ1n) is 6.03. The Kier molecular flexibility index (Phi) is 3.70. The van der Waals surface area contributed by atoms with Gasteiger partial charge in [0, 0.05) is 17.8 Å². The first-order valence-corrected chi connectivity index (χ1v) is 6.03. The van der Waals surface area contributed by atoms with Crippen LogP contribution in [0.15, 0.2) is 36.5 Å². The molecule has 0 amide bonds. The normalized spacial score (nSPS) is 12.4. The van der Waals surface area contributed by atoms with Gasteiger partial charge in [-0.1, -0.05) is 19.9 Å². The average Bonchev–Trinajstić information content (AvgIpc) is 2.38. The number of hydrogen-bond donors (Lipinski definition) is 0. The van der Waals surface area contributed by atoms with E-state index in [4.69, 9.17) is 0 Å². The van der Waals surface area contributed by atoms with Gasteiger partial charge in [0.25, 0.3) is 0 Å². The summed E-state index contributed by atoms with van der Waals surface area (Å²) in [6.07, 6.45) is 2.79. The monoisotopic (exact) mass is 247 g/mol. The highest BCUT2D eigenvalue weighted by atomic mass is 19.1. The molecule has 1 atom stereocenters. The lowest BCUT2D eigenvalue weighted by Gasteiger charge is -2.09. The minimum Gasteiger partial charge on any atom is -0.256 e. The van der Waals surface area contributed by atoms with Gasteiger partial charge in [-0.3, -0.25) is 4.98 Å². The third kappa shape index (κ3) is 2.55. The van der Waals surface area contributed by atoms with Crippen LogP contribution in [-0.4, -0.2) is 4.98 Å². The van der Waals surface area contributed by atoms with Crippen molar-refractivity contribution in [2.75, 3.05) is 0 Å². The van der Waals surface area contributed by atoms with Gasteiger partial charge in [-0.05, 0) is 36.1 Å². The molecule has 1 heterocycles. The van der Waals surface area contributed by atoms with Crippen molar-refractivity contribution in [1.29, 1.82) is 0 Å². The number of aromatic nitrogens is 1. The zero-order valence-electron chi connectivity index (χ0n) is 10.5. The smallest absolute Gasteiger partial charge is 0.135 e. The highest BCUT2D eigenvalue weighted by molar-refractivity contribution is 5.59. The van der Waals surface area contributed by atoms with Crippen LogP contribution in [0.3, 0.4) is 0 Å². The Labute approximate surface area is 105 Å². The van der Waals surface area contributed by atoms with Crippen molar-refractivity contribution < 1.29 is 8.78 Å². The van der Waals surface area contributed by atoms with E-state index < -0.39 is 11.6 Å². The molecule has 0 N–H and O–H groups in total. The quantitative estimate of drug-likeness (QED) is 0.776. The Morgan fingerprint density at radius 1 is 1.17 bits per heavy atom. The molecule has 0 spiro atoms. The summed E-state index contributed by atoms with van der Waals surface area (Å²) in [5.41, 5.74) is 1.98. The Morgan fingerprint density at radius 2 is 1.94 bits per heavy atom. The molecule has 1 aromatic heterocycles. The molecule has 2 rings (SSSR count). The Hall–Kier alpha value is -1.77. The summed E-state index contributed by atoms with van der Waals surface area (Å²) in [5.74, 6) is -0.726. The number of pyridine rings is 1. The molecule has 1 nitrogen and oxygen atoms in total. The summed E-state index contributed by atoms with van der Waals surface area (Å²) in [4.78, 5) is 4.25. The van der Waals surface area contributed by atoms with Crippen LogP contribution in [-0.2, 0) is 0 Å².